The minimum absolute atomic E-state index is 0.0203. The molecule has 1 aliphatic rings. The van der Waals surface area contributed by atoms with Crippen LogP contribution in [0.4, 0.5) is 0 Å². The molecule has 3 rings (SSSR count). The van der Waals surface area contributed by atoms with Crippen LogP contribution in [0.1, 0.15) is 39.4 Å². The summed E-state index contributed by atoms with van der Waals surface area (Å²) in [7, 11) is 0. The Morgan fingerprint density at radius 3 is 2.95 bits per heavy atom. The van der Waals surface area contributed by atoms with Crippen molar-refractivity contribution in [1.29, 1.82) is 0 Å². The van der Waals surface area contributed by atoms with E-state index in [2.05, 4.69) is 20.9 Å². The van der Waals surface area contributed by atoms with Crippen LogP contribution in [0.5, 0.6) is 0 Å². The van der Waals surface area contributed by atoms with E-state index >= 15 is 0 Å². The first-order valence-electron chi connectivity index (χ1n) is 6.09. The van der Waals surface area contributed by atoms with Crippen molar-refractivity contribution in [2.75, 3.05) is 0 Å². The Balaban J connectivity index is 2.12. The molecule has 0 saturated carbocycles. The molecule has 2 atom stereocenters. The molecule has 104 valence electrons. The normalized spacial score (nSPS) is 21.8. The fraction of sp³-hybridized carbons (Fsp3) is 0.308. The third-order valence-electron chi connectivity index (χ3n) is 3.46. The standard InChI is InChI=1S/C13H12BrN3O2S/c1-6-2-8-9(18)3-7(13-16-4-10(14)20-13)11(12(15)19)17(8)5-6/h2,4-5,7,11H,3H2,1H3,(H2,15,19). The molecule has 2 N–H and O–H groups in total. The number of nitrogens with zero attached hydrogens (tertiary/aromatic N) is 2. The number of carbonyl (C=O) groups excluding carboxylic acids is 2. The van der Waals surface area contributed by atoms with E-state index in [0.29, 0.717) is 5.69 Å². The molecule has 2 unspecified atom stereocenters. The van der Waals surface area contributed by atoms with E-state index in [4.69, 9.17) is 5.73 Å². The van der Waals surface area contributed by atoms with Crippen molar-refractivity contribution >= 4 is 39.0 Å². The number of nitrogens with two attached hydrogens (primary N) is 1. The minimum Gasteiger partial charge on any atom is -0.368 e. The van der Waals surface area contributed by atoms with Crippen molar-refractivity contribution in [3.05, 3.63) is 38.5 Å². The van der Waals surface area contributed by atoms with Crippen LogP contribution in [-0.4, -0.2) is 21.2 Å². The van der Waals surface area contributed by atoms with Crippen LogP contribution in [0.2, 0.25) is 0 Å². The molecule has 1 aliphatic heterocycles. The van der Waals surface area contributed by atoms with E-state index < -0.39 is 11.9 Å². The molecular weight excluding hydrogens is 342 g/mol. The average molecular weight is 354 g/mol. The summed E-state index contributed by atoms with van der Waals surface area (Å²) in [5, 5.41) is 0.756. The highest BCUT2D eigenvalue weighted by Crippen LogP contribution is 2.40. The second-order valence-corrected chi connectivity index (χ2v) is 7.34. The number of hydrogen-bond acceptors (Lipinski definition) is 4. The number of ketones is 1. The molecular formula is C13H12BrN3O2S. The Labute approximate surface area is 127 Å². The number of hydrogen-bond donors (Lipinski definition) is 1. The molecule has 0 aliphatic carbocycles. The number of Topliss-reactive ketones (excluding diaryl/α,β-unsaturated/α-hetero) is 1. The van der Waals surface area contributed by atoms with Gasteiger partial charge in [0.05, 0.1) is 20.7 Å². The van der Waals surface area contributed by atoms with Crippen LogP contribution < -0.4 is 5.73 Å². The zero-order valence-electron chi connectivity index (χ0n) is 10.7. The molecule has 7 heteroatoms. The van der Waals surface area contributed by atoms with Crippen molar-refractivity contribution < 1.29 is 9.59 Å². The molecule has 2 aromatic heterocycles. The van der Waals surface area contributed by atoms with Gasteiger partial charge in [-0.25, -0.2) is 4.98 Å². The SMILES string of the molecule is Cc1cc2n(c1)C(C(N)=O)C(c1ncc(Br)s1)CC2=O. The molecule has 1 amide bonds. The van der Waals surface area contributed by atoms with Crippen molar-refractivity contribution in [3.63, 3.8) is 0 Å². The molecule has 0 spiro atoms. The molecule has 20 heavy (non-hydrogen) atoms. The molecule has 0 bridgehead atoms. The molecule has 0 fully saturated rings. The Morgan fingerprint density at radius 2 is 2.35 bits per heavy atom. The van der Waals surface area contributed by atoms with Gasteiger partial charge in [-0.05, 0) is 34.5 Å². The van der Waals surface area contributed by atoms with E-state index in [9.17, 15) is 9.59 Å². The average Bonchev–Trinajstić information content (AvgIpc) is 2.94. The third-order valence-corrected chi connectivity index (χ3v) is 5.07. The molecule has 5 nitrogen and oxygen atoms in total. The minimum atomic E-state index is -0.561. The number of thiazole rings is 1. The number of rotatable bonds is 2. The highest BCUT2D eigenvalue weighted by molar-refractivity contribution is 9.11. The quantitative estimate of drug-likeness (QED) is 0.900. The third kappa shape index (κ3) is 2.10. The Hall–Kier alpha value is -1.47. The zero-order chi connectivity index (χ0) is 14.4. The molecule has 0 radical (unpaired) electrons. The first kappa shape index (κ1) is 13.5. The van der Waals surface area contributed by atoms with Crippen LogP contribution in [0.25, 0.3) is 0 Å². The Morgan fingerprint density at radius 1 is 1.60 bits per heavy atom. The van der Waals surface area contributed by atoms with Gasteiger partial charge in [0.25, 0.3) is 0 Å². The van der Waals surface area contributed by atoms with Crippen molar-refractivity contribution in [2.45, 2.75) is 25.3 Å². The second kappa shape index (κ2) is 4.82. The highest BCUT2D eigenvalue weighted by atomic mass is 79.9. The summed E-state index contributed by atoms with van der Waals surface area (Å²) in [4.78, 5) is 28.4. The summed E-state index contributed by atoms with van der Waals surface area (Å²) in [6.45, 7) is 1.89. The molecule has 0 saturated heterocycles. The van der Waals surface area contributed by atoms with Crippen LogP contribution in [0, 0.1) is 6.92 Å². The first-order valence-corrected chi connectivity index (χ1v) is 7.70. The maximum Gasteiger partial charge on any atom is 0.241 e. The lowest BCUT2D eigenvalue weighted by Gasteiger charge is -2.30. The molecule has 0 aromatic carbocycles. The number of amides is 1. The molecule has 2 aromatic rings. The Kier molecular flexibility index (Phi) is 3.25. The zero-order valence-corrected chi connectivity index (χ0v) is 13.1. The predicted molar refractivity (Wildman–Crippen MR) is 78.9 cm³/mol. The summed E-state index contributed by atoms with van der Waals surface area (Å²) in [6.07, 6.45) is 3.74. The van der Waals surface area contributed by atoms with E-state index in [0.717, 1.165) is 14.4 Å². The summed E-state index contributed by atoms with van der Waals surface area (Å²) in [6, 6.07) is 1.24. The topological polar surface area (TPSA) is 78.0 Å². The van der Waals surface area contributed by atoms with Crippen molar-refractivity contribution in [3.8, 4) is 0 Å². The van der Waals surface area contributed by atoms with E-state index in [1.165, 1.54) is 11.3 Å². The van der Waals surface area contributed by atoms with Gasteiger partial charge in [-0.15, -0.1) is 11.3 Å². The van der Waals surface area contributed by atoms with Gasteiger partial charge in [-0.1, -0.05) is 0 Å². The van der Waals surface area contributed by atoms with E-state index in [-0.39, 0.29) is 18.1 Å². The fourth-order valence-corrected chi connectivity index (χ4v) is 4.05. The number of carbonyl (C=O) groups is 2. The van der Waals surface area contributed by atoms with Crippen LogP contribution in [-0.2, 0) is 4.79 Å². The smallest absolute Gasteiger partial charge is 0.241 e. The predicted octanol–water partition coefficient (Wildman–Crippen LogP) is 2.41. The lowest BCUT2D eigenvalue weighted by atomic mass is 9.89. The van der Waals surface area contributed by atoms with Gasteiger partial charge in [-0.3, -0.25) is 9.59 Å². The van der Waals surface area contributed by atoms with Crippen molar-refractivity contribution in [2.24, 2.45) is 5.73 Å². The number of halogens is 1. The Bertz CT molecular complexity index is 706. The number of aryl methyl sites for hydroxylation is 1. The van der Waals surface area contributed by atoms with Gasteiger partial charge in [0.15, 0.2) is 5.78 Å². The molecule has 3 heterocycles. The summed E-state index contributed by atoms with van der Waals surface area (Å²) < 4.78 is 2.57. The number of aromatic nitrogens is 2. The number of primary amides is 1. The van der Waals surface area contributed by atoms with Gasteiger partial charge in [0.1, 0.15) is 6.04 Å². The van der Waals surface area contributed by atoms with Gasteiger partial charge < -0.3 is 10.3 Å². The van der Waals surface area contributed by atoms with Gasteiger partial charge in [0, 0.05) is 18.5 Å². The van der Waals surface area contributed by atoms with Gasteiger partial charge in [-0.2, -0.15) is 0 Å². The van der Waals surface area contributed by atoms with Crippen LogP contribution in [0.15, 0.2) is 22.2 Å². The second-order valence-electron chi connectivity index (χ2n) is 4.89. The van der Waals surface area contributed by atoms with Crippen LogP contribution in [0.3, 0.4) is 0 Å². The monoisotopic (exact) mass is 353 g/mol. The van der Waals surface area contributed by atoms with Crippen molar-refractivity contribution in [1.82, 2.24) is 9.55 Å². The summed E-state index contributed by atoms with van der Waals surface area (Å²) >= 11 is 4.79. The summed E-state index contributed by atoms with van der Waals surface area (Å²) in [5.74, 6) is -0.715. The first-order chi connectivity index (χ1) is 9.47. The lowest BCUT2D eigenvalue weighted by molar-refractivity contribution is -0.122. The largest absolute Gasteiger partial charge is 0.368 e. The highest BCUT2D eigenvalue weighted by Gasteiger charge is 2.39. The van der Waals surface area contributed by atoms with E-state index in [1.54, 1.807) is 23.0 Å². The number of fused-ring (bicyclic) bond motifs is 1. The summed E-state index contributed by atoms with van der Waals surface area (Å²) in [5.41, 5.74) is 7.06. The maximum atomic E-state index is 12.2. The van der Waals surface area contributed by atoms with Gasteiger partial charge in [0.2, 0.25) is 5.91 Å². The fourth-order valence-electron chi connectivity index (χ4n) is 2.68. The van der Waals surface area contributed by atoms with Crippen LogP contribution >= 0.6 is 27.3 Å². The van der Waals surface area contributed by atoms with Gasteiger partial charge >= 0.3 is 0 Å². The van der Waals surface area contributed by atoms with E-state index in [1.807, 2.05) is 6.92 Å². The maximum absolute atomic E-state index is 12.2. The lowest BCUT2D eigenvalue weighted by Crippen LogP contribution is -2.37.